The summed E-state index contributed by atoms with van der Waals surface area (Å²) in [5.74, 6) is -0.629. The third kappa shape index (κ3) is 3.20. The Morgan fingerprint density at radius 1 is 1.00 bits per heavy atom. The van der Waals surface area contributed by atoms with Crippen molar-refractivity contribution in [1.29, 1.82) is 0 Å². The van der Waals surface area contributed by atoms with Crippen molar-refractivity contribution >= 4 is 33.4 Å². The van der Waals surface area contributed by atoms with E-state index >= 15 is 0 Å². The second kappa shape index (κ2) is 6.88. The summed E-state index contributed by atoms with van der Waals surface area (Å²) in [7, 11) is 0. The summed E-state index contributed by atoms with van der Waals surface area (Å²) in [6.45, 7) is 1.39. The van der Waals surface area contributed by atoms with Crippen molar-refractivity contribution in [3.05, 3.63) is 64.7 Å². The summed E-state index contributed by atoms with van der Waals surface area (Å²) in [4.78, 5) is 30.1. The topological polar surface area (TPSA) is 70.5 Å². The van der Waals surface area contributed by atoms with Gasteiger partial charge in [0.1, 0.15) is 0 Å². The van der Waals surface area contributed by atoms with Crippen molar-refractivity contribution in [1.82, 2.24) is 9.88 Å². The first-order valence-electron chi connectivity index (χ1n) is 8.60. The van der Waals surface area contributed by atoms with Crippen molar-refractivity contribution in [3.8, 4) is 0 Å². The molecule has 1 aliphatic heterocycles. The number of carbonyl (C=O) groups is 2. The smallest absolute Gasteiger partial charge is 0.335 e. The van der Waals surface area contributed by atoms with Crippen LogP contribution in [0.5, 0.6) is 0 Å². The molecule has 1 saturated heterocycles. The lowest BCUT2D eigenvalue weighted by Gasteiger charge is -2.31. The van der Waals surface area contributed by atoms with Gasteiger partial charge in [0.15, 0.2) is 0 Å². The average molecular weight is 366 g/mol. The lowest BCUT2D eigenvalue weighted by Crippen LogP contribution is -2.37. The second-order valence-corrected chi connectivity index (χ2v) is 7.53. The van der Waals surface area contributed by atoms with Gasteiger partial charge in [0, 0.05) is 24.6 Å². The average Bonchev–Trinajstić information content (AvgIpc) is 3.12. The molecule has 0 saturated carbocycles. The zero-order chi connectivity index (χ0) is 18.1. The van der Waals surface area contributed by atoms with Gasteiger partial charge >= 0.3 is 5.97 Å². The van der Waals surface area contributed by atoms with Crippen LogP contribution >= 0.6 is 11.3 Å². The number of hydrogen-bond donors (Lipinski definition) is 1. The first kappa shape index (κ1) is 16.7. The molecule has 6 heteroatoms. The van der Waals surface area contributed by atoms with Gasteiger partial charge in [-0.1, -0.05) is 12.1 Å². The number of piperidine rings is 1. The molecule has 0 spiro atoms. The van der Waals surface area contributed by atoms with Gasteiger partial charge in [-0.25, -0.2) is 9.78 Å². The Bertz CT molecular complexity index is 924. The number of nitrogens with zero attached hydrogens (tertiary/aromatic N) is 2. The summed E-state index contributed by atoms with van der Waals surface area (Å²) in [5.41, 5.74) is 1.77. The van der Waals surface area contributed by atoms with Crippen molar-refractivity contribution in [2.75, 3.05) is 13.1 Å². The van der Waals surface area contributed by atoms with Gasteiger partial charge in [0.05, 0.1) is 20.8 Å². The quantitative estimate of drug-likeness (QED) is 0.760. The number of aromatic nitrogens is 1. The molecule has 1 fully saturated rings. The van der Waals surface area contributed by atoms with Crippen LogP contribution in [0.4, 0.5) is 0 Å². The Morgan fingerprint density at radius 2 is 1.65 bits per heavy atom. The van der Waals surface area contributed by atoms with Crippen LogP contribution in [-0.4, -0.2) is 40.0 Å². The van der Waals surface area contributed by atoms with Crippen LogP contribution in [-0.2, 0) is 0 Å². The number of carbonyl (C=O) groups excluding carboxylic acids is 1. The van der Waals surface area contributed by atoms with E-state index in [-0.39, 0.29) is 11.5 Å². The van der Waals surface area contributed by atoms with E-state index in [9.17, 15) is 9.59 Å². The molecular formula is C20H18N2O3S. The maximum Gasteiger partial charge on any atom is 0.335 e. The molecule has 4 rings (SSSR count). The molecule has 2 heterocycles. The van der Waals surface area contributed by atoms with Gasteiger partial charge in [-0.2, -0.15) is 0 Å². The highest BCUT2D eigenvalue weighted by Gasteiger charge is 2.26. The Kier molecular flexibility index (Phi) is 4.42. The monoisotopic (exact) mass is 366 g/mol. The SMILES string of the molecule is O=C(O)c1ccc(C(=O)N2CCC(c3nc4ccccc4s3)CC2)cc1. The summed E-state index contributed by atoms with van der Waals surface area (Å²) < 4.78 is 1.21. The van der Waals surface area contributed by atoms with Gasteiger partial charge in [0.2, 0.25) is 0 Å². The van der Waals surface area contributed by atoms with Crippen LogP contribution in [0.25, 0.3) is 10.2 Å². The van der Waals surface area contributed by atoms with Gasteiger partial charge in [-0.05, 0) is 49.2 Å². The fraction of sp³-hybridized carbons (Fsp3) is 0.250. The lowest BCUT2D eigenvalue weighted by molar-refractivity contribution is 0.0689. The molecule has 1 amide bonds. The molecule has 1 aromatic heterocycles. The number of aromatic carboxylic acids is 1. The Morgan fingerprint density at radius 3 is 2.31 bits per heavy atom. The molecule has 3 aromatic rings. The van der Waals surface area contributed by atoms with Crippen molar-refractivity contribution < 1.29 is 14.7 Å². The minimum Gasteiger partial charge on any atom is -0.478 e. The van der Waals surface area contributed by atoms with E-state index in [1.54, 1.807) is 23.5 Å². The zero-order valence-electron chi connectivity index (χ0n) is 14.1. The molecule has 5 nitrogen and oxygen atoms in total. The zero-order valence-corrected chi connectivity index (χ0v) is 14.9. The summed E-state index contributed by atoms with van der Waals surface area (Å²) in [5, 5.41) is 10.1. The highest BCUT2D eigenvalue weighted by molar-refractivity contribution is 7.18. The third-order valence-electron chi connectivity index (χ3n) is 4.82. The summed E-state index contributed by atoms with van der Waals surface area (Å²) in [6, 6.07) is 14.3. The highest BCUT2D eigenvalue weighted by atomic mass is 32.1. The Hall–Kier alpha value is -2.73. The van der Waals surface area contributed by atoms with Gasteiger partial charge < -0.3 is 10.0 Å². The molecule has 0 bridgehead atoms. The van der Waals surface area contributed by atoms with Crippen molar-refractivity contribution in [2.45, 2.75) is 18.8 Å². The van der Waals surface area contributed by atoms with Crippen LogP contribution in [0.1, 0.15) is 44.5 Å². The first-order chi connectivity index (χ1) is 12.6. The summed E-state index contributed by atoms with van der Waals surface area (Å²) in [6.07, 6.45) is 1.80. The lowest BCUT2D eigenvalue weighted by atomic mass is 9.97. The number of rotatable bonds is 3. The van der Waals surface area contributed by atoms with E-state index in [1.165, 1.54) is 16.8 Å². The van der Waals surface area contributed by atoms with Crippen LogP contribution in [0.2, 0.25) is 0 Å². The first-order valence-corrected chi connectivity index (χ1v) is 9.41. The number of para-hydroxylation sites is 1. The van der Waals surface area contributed by atoms with Crippen LogP contribution in [0.15, 0.2) is 48.5 Å². The normalized spacial score (nSPS) is 15.3. The summed E-state index contributed by atoms with van der Waals surface area (Å²) >= 11 is 1.74. The number of thiazole rings is 1. The third-order valence-corrected chi connectivity index (χ3v) is 6.02. The number of fused-ring (bicyclic) bond motifs is 1. The second-order valence-electron chi connectivity index (χ2n) is 6.47. The maximum absolute atomic E-state index is 12.6. The van der Waals surface area contributed by atoms with E-state index in [1.807, 2.05) is 23.1 Å². The van der Waals surface area contributed by atoms with E-state index in [0.29, 0.717) is 24.6 Å². The number of carboxylic acid groups (broad SMARTS) is 1. The fourth-order valence-corrected chi connectivity index (χ4v) is 4.47. The van der Waals surface area contributed by atoms with Crippen LogP contribution < -0.4 is 0 Å². The van der Waals surface area contributed by atoms with Gasteiger partial charge in [-0.15, -0.1) is 11.3 Å². The molecule has 0 aliphatic carbocycles. The number of likely N-dealkylation sites (tertiary alicyclic amines) is 1. The molecule has 1 N–H and O–H groups in total. The molecular weight excluding hydrogens is 348 g/mol. The fourth-order valence-electron chi connectivity index (χ4n) is 3.33. The highest BCUT2D eigenvalue weighted by Crippen LogP contribution is 2.34. The Balaban J connectivity index is 1.42. The van der Waals surface area contributed by atoms with E-state index in [2.05, 4.69) is 6.07 Å². The molecule has 2 aromatic carbocycles. The molecule has 0 radical (unpaired) electrons. The number of hydrogen-bond acceptors (Lipinski definition) is 4. The minimum absolute atomic E-state index is 0.0373. The molecule has 1 aliphatic rings. The van der Waals surface area contributed by atoms with Gasteiger partial charge in [0.25, 0.3) is 5.91 Å². The molecule has 0 atom stereocenters. The van der Waals surface area contributed by atoms with Crippen LogP contribution in [0, 0.1) is 0 Å². The van der Waals surface area contributed by atoms with Crippen LogP contribution in [0.3, 0.4) is 0 Å². The molecule has 132 valence electrons. The van der Waals surface area contributed by atoms with E-state index in [0.717, 1.165) is 23.4 Å². The number of amides is 1. The largest absolute Gasteiger partial charge is 0.478 e. The predicted octanol–water partition coefficient (Wildman–Crippen LogP) is 4.01. The predicted molar refractivity (Wildman–Crippen MR) is 101 cm³/mol. The van der Waals surface area contributed by atoms with Gasteiger partial charge in [-0.3, -0.25) is 4.79 Å². The molecule has 0 unspecified atom stereocenters. The maximum atomic E-state index is 12.6. The standard InChI is InChI=1S/C20H18N2O3S/c23-19(14-5-7-15(8-6-14)20(24)25)22-11-9-13(10-12-22)18-21-16-3-1-2-4-17(16)26-18/h1-8,13H,9-12H2,(H,24,25). The minimum atomic E-state index is -0.986. The van der Waals surface area contributed by atoms with E-state index < -0.39 is 5.97 Å². The van der Waals surface area contributed by atoms with Crippen molar-refractivity contribution in [2.24, 2.45) is 0 Å². The number of benzene rings is 2. The number of carboxylic acids is 1. The van der Waals surface area contributed by atoms with E-state index in [4.69, 9.17) is 10.1 Å². The van der Waals surface area contributed by atoms with Crippen molar-refractivity contribution in [3.63, 3.8) is 0 Å². The molecule has 26 heavy (non-hydrogen) atoms. The Labute approximate surface area is 154 Å².